The Bertz CT molecular complexity index is 418. The van der Waals surface area contributed by atoms with E-state index >= 15 is 0 Å². The first-order valence-electron chi connectivity index (χ1n) is 4.69. The number of hydrogen-bond donors (Lipinski definition) is 1. The lowest BCUT2D eigenvalue weighted by atomic mass is 10.0. The third-order valence-corrected chi connectivity index (χ3v) is 2.65. The summed E-state index contributed by atoms with van der Waals surface area (Å²) in [6.45, 7) is 2.97. The van der Waals surface area contributed by atoms with Crippen molar-refractivity contribution in [2.24, 2.45) is 0 Å². The maximum Gasteiger partial charge on any atom is 0.328 e. The van der Waals surface area contributed by atoms with Gasteiger partial charge in [0.2, 0.25) is 0 Å². The van der Waals surface area contributed by atoms with E-state index in [-0.39, 0.29) is 0 Å². The van der Waals surface area contributed by atoms with Crippen molar-refractivity contribution in [3.8, 4) is 0 Å². The molecule has 0 spiro atoms. The maximum absolute atomic E-state index is 13.0. The number of hydrogen-bond acceptors (Lipinski definition) is 2. The molecular weight excluding hydrogens is 216 g/mol. The predicted molar refractivity (Wildman–Crippen MR) is 56.5 cm³/mol. The Morgan fingerprint density at radius 3 is 2.31 bits per heavy atom. The number of carbonyl (C=O) groups is 1. The highest BCUT2D eigenvalue weighted by atomic mass is 19.2. The number of carboxylic acid groups (broad SMARTS) is 1. The molecule has 16 heavy (non-hydrogen) atoms. The zero-order valence-corrected chi connectivity index (χ0v) is 9.29. The quantitative estimate of drug-likeness (QED) is 0.864. The highest BCUT2D eigenvalue weighted by Crippen LogP contribution is 2.24. The second-order valence-electron chi connectivity index (χ2n) is 4.02. The largest absolute Gasteiger partial charge is 0.480 e. The smallest absolute Gasteiger partial charge is 0.328 e. The van der Waals surface area contributed by atoms with E-state index in [1.54, 1.807) is 0 Å². The molecule has 0 aliphatic heterocycles. The molecule has 0 heterocycles. The standard InChI is InChI=1S/C11H13F2NO2/c1-11(2,10(15)16)14(3)7-4-5-8(12)9(13)6-7/h4-6H,1-3H3,(H,15,16). The van der Waals surface area contributed by atoms with Gasteiger partial charge < -0.3 is 10.0 Å². The van der Waals surface area contributed by atoms with E-state index in [1.807, 2.05) is 0 Å². The minimum absolute atomic E-state index is 0.311. The Balaban J connectivity index is 3.10. The van der Waals surface area contributed by atoms with Gasteiger partial charge in [-0.3, -0.25) is 0 Å². The molecule has 0 aromatic heterocycles. The van der Waals surface area contributed by atoms with Crippen LogP contribution in [0.25, 0.3) is 0 Å². The molecular formula is C11H13F2NO2. The van der Waals surface area contributed by atoms with Crippen LogP contribution in [0, 0.1) is 11.6 Å². The SMILES string of the molecule is CN(c1ccc(F)c(F)c1)C(C)(C)C(=O)O. The summed E-state index contributed by atoms with van der Waals surface area (Å²) in [5.74, 6) is -2.99. The molecule has 0 amide bonds. The fourth-order valence-electron chi connectivity index (χ4n) is 1.16. The van der Waals surface area contributed by atoms with Crippen LogP contribution in [0.5, 0.6) is 0 Å². The van der Waals surface area contributed by atoms with E-state index in [9.17, 15) is 13.6 Å². The van der Waals surface area contributed by atoms with Gasteiger partial charge in [-0.2, -0.15) is 0 Å². The Kier molecular flexibility index (Phi) is 3.16. The summed E-state index contributed by atoms with van der Waals surface area (Å²) >= 11 is 0. The lowest BCUT2D eigenvalue weighted by Crippen LogP contribution is -2.48. The molecule has 88 valence electrons. The third-order valence-electron chi connectivity index (χ3n) is 2.65. The van der Waals surface area contributed by atoms with Crippen molar-refractivity contribution in [3.05, 3.63) is 29.8 Å². The maximum atomic E-state index is 13.0. The van der Waals surface area contributed by atoms with Crippen LogP contribution in [0.1, 0.15) is 13.8 Å². The van der Waals surface area contributed by atoms with Gasteiger partial charge in [-0.15, -0.1) is 0 Å². The Hall–Kier alpha value is -1.65. The second-order valence-corrected chi connectivity index (χ2v) is 4.02. The van der Waals surface area contributed by atoms with Crippen molar-refractivity contribution < 1.29 is 18.7 Å². The van der Waals surface area contributed by atoms with Crippen LogP contribution in [-0.4, -0.2) is 23.7 Å². The van der Waals surface area contributed by atoms with Gasteiger partial charge in [0.25, 0.3) is 0 Å². The van der Waals surface area contributed by atoms with Crippen LogP contribution in [0.4, 0.5) is 14.5 Å². The summed E-state index contributed by atoms with van der Waals surface area (Å²) in [6, 6.07) is 3.28. The van der Waals surface area contributed by atoms with Crippen LogP contribution >= 0.6 is 0 Å². The number of nitrogens with zero attached hydrogens (tertiary/aromatic N) is 1. The number of halogens is 2. The van der Waals surface area contributed by atoms with Crippen molar-refractivity contribution in [1.29, 1.82) is 0 Å². The first kappa shape index (κ1) is 12.4. The van der Waals surface area contributed by atoms with Crippen molar-refractivity contribution in [2.75, 3.05) is 11.9 Å². The Labute approximate surface area is 92.3 Å². The summed E-state index contributed by atoms with van der Waals surface area (Å²) in [6.07, 6.45) is 0. The summed E-state index contributed by atoms with van der Waals surface area (Å²) < 4.78 is 25.7. The van der Waals surface area contributed by atoms with Gasteiger partial charge in [-0.05, 0) is 26.0 Å². The number of benzene rings is 1. The normalized spacial score (nSPS) is 11.3. The highest BCUT2D eigenvalue weighted by Gasteiger charge is 2.32. The van der Waals surface area contributed by atoms with Crippen molar-refractivity contribution in [2.45, 2.75) is 19.4 Å². The molecule has 0 aliphatic carbocycles. The average molecular weight is 229 g/mol. The number of carboxylic acids is 1. The summed E-state index contributed by atoms with van der Waals surface area (Å²) in [7, 11) is 1.51. The summed E-state index contributed by atoms with van der Waals surface area (Å²) in [5.41, 5.74) is -0.879. The van der Waals surface area contributed by atoms with Gasteiger partial charge in [0, 0.05) is 18.8 Å². The predicted octanol–water partition coefficient (Wildman–Crippen LogP) is 2.26. The van der Waals surface area contributed by atoms with Crippen LogP contribution in [-0.2, 0) is 4.79 Å². The zero-order chi connectivity index (χ0) is 12.5. The number of anilines is 1. The summed E-state index contributed by atoms with van der Waals surface area (Å²) in [5, 5.41) is 8.99. The van der Waals surface area contributed by atoms with E-state index < -0.39 is 23.1 Å². The molecule has 1 aromatic carbocycles. The van der Waals surface area contributed by atoms with Gasteiger partial charge in [-0.25, -0.2) is 13.6 Å². The lowest BCUT2D eigenvalue weighted by molar-refractivity contribution is -0.142. The van der Waals surface area contributed by atoms with E-state index in [0.29, 0.717) is 5.69 Å². The monoisotopic (exact) mass is 229 g/mol. The molecule has 0 radical (unpaired) electrons. The topological polar surface area (TPSA) is 40.5 Å². The van der Waals surface area contributed by atoms with Crippen LogP contribution in [0.3, 0.4) is 0 Å². The van der Waals surface area contributed by atoms with E-state index in [1.165, 1.54) is 31.9 Å². The number of rotatable bonds is 3. The van der Waals surface area contributed by atoms with Gasteiger partial charge in [-0.1, -0.05) is 0 Å². The average Bonchev–Trinajstić information content (AvgIpc) is 2.20. The van der Waals surface area contributed by atoms with Crippen molar-refractivity contribution >= 4 is 11.7 Å². The number of aliphatic carboxylic acids is 1. The van der Waals surface area contributed by atoms with Gasteiger partial charge in [0.15, 0.2) is 11.6 Å². The third kappa shape index (κ3) is 2.13. The molecule has 0 aliphatic rings. The van der Waals surface area contributed by atoms with Crippen LogP contribution in [0.15, 0.2) is 18.2 Å². The minimum atomic E-state index is -1.19. The molecule has 1 aromatic rings. The van der Waals surface area contributed by atoms with Gasteiger partial charge >= 0.3 is 5.97 Å². The molecule has 0 fully saturated rings. The van der Waals surface area contributed by atoms with Crippen molar-refractivity contribution in [1.82, 2.24) is 0 Å². The van der Waals surface area contributed by atoms with E-state index in [2.05, 4.69) is 0 Å². The highest BCUT2D eigenvalue weighted by molar-refractivity contribution is 5.82. The lowest BCUT2D eigenvalue weighted by Gasteiger charge is -2.33. The summed E-state index contributed by atoms with van der Waals surface area (Å²) in [4.78, 5) is 12.4. The van der Waals surface area contributed by atoms with Crippen molar-refractivity contribution in [3.63, 3.8) is 0 Å². The molecule has 0 saturated heterocycles. The van der Waals surface area contributed by atoms with Crippen LogP contribution < -0.4 is 4.90 Å². The molecule has 0 atom stereocenters. The fraction of sp³-hybridized carbons (Fsp3) is 0.364. The Morgan fingerprint density at radius 1 is 1.31 bits per heavy atom. The molecule has 1 rings (SSSR count). The molecule has 5 heteroatoms. The molecule has 0 bridgehead atoms. The zero-order valence-electron chi connectivity index (χ0n) is 9.29. The first-order chi connectivity index (χ1) is 7.26. The van der Waals surface area contributed by atoms with Gasteiger partial charge in [0.05, 0.1) is 0 Å². The van der Waals surface area contributed by atoms with Crippen LogP contribution in [0.2, 0.25) is 0 Å². The fourth-order valence-corrected chi connectivity index (χ4v) is 1.16. The second kappa shape index (κ2) is 4.08. The Morgan fingerprint density at radius 2 is 1.88 bits per heavy atom. The molecule has 1 N–H and O–H groups in total. The van der Waals surface area contributed by atoms with E-state index in [0.717, 1.165) is 12.1 Å². The number of likely N-dealkylation sites (N-methyl/N-ethyl adjacent to an activating group) is 1. The first-order valence-corrected chi connectivity index (χ1v) is 4.69. The van der Waals surface area contributed by atoms with Gasteiger partial charge in [0.1, 0.15) is 5.54 Å². The molecule has 3 nitrogen and oxygen atoms in total. The van der Waals surface area contributed by atoms with E-state index in [4.69, 9.17) is 5.11 Å². The molecule has 0 saturated carbocycles. The molecule has 0 unspecified atom stereocenters. The minimum Gasteiger partial charge on any atom is -0.480 e.